The average Bonchev–Trinajstić information content (AvgIpc) is 2.30. The van der Waals surface area contributed by atoms with Gasteiger partial charge in [-0.15, -0.1) is 0 Å². The molecule has 0 aliphatic carbocycles. The van der Waals surface area contributed by atoms with Gasteiger partial charge in [-0.05, 0) is 13.6 Å². The van der Waals surface area contributed by atoms with Gasteiger partial charge in [-0.25, -0.2) is 0 Å². The summed E-state index contributed by atoms with van der Waals surface area (Å²) in [5.41, 5.74) is 0. The molecule has 1 rings (SSSR count). The highest BCUT2D eigenvalue weighted by Crippen LogP contribution is 2.48. The van der Waals surface area contributed by atoms with E-state index in [1.165, 1.54) is 0 Å². The Kier molecular flexibility index (Phi) is 4.52. The summed E-state index contributed by atoms with van der Waals surface area (Å²) in [7, 11) is -2.49. The summed E-state index contributed by atoms with van der Waals surface area (Å²) >= 11 is 0. The summed E-state index contributed by atoms with van der Waals surface area (Å²) < 4.78 is 12.5. The van der Waals surface area contributed by atoms with Gasteiger partial charge in [-0.1, -0.05) is 61.2 Å². The zero-order chi connectivity index (χ0) is 12.0. The zero-order valence-electron chi connectivity index (χ0n) is 9.76. The van der Waals surface area contributed by atoms with Gasteiger partial charge >= 0.3 is 0 Å². The van der Waals surface area contributed by atoms with Crippen molar-refractivity contribution < 1.29 is 4.57 Å². The molecule has 0 aliphatic rings. The van der Waals surface area contributed by atoms with E-state index in [2.05, 4.69) is 6.58 Å². The van der Waals surface area contributed by atoms with Crippen LogP contribution in [0.3, 0.4) is 0 Å². The number of benzene rings is 1. The number of hydrogen-bond acceptors (Lipinski definition) is 1. The molecule has 0 fully saturated rings. The molecule has 0 radical (unpaired) electrons. The molecule has 0 spiro atoms. The van der Waals surface area contributed by atoms with Gasteiger partial charge in [0.2, 0.25) is 0 Å². The Morgan fingerprint density at radius 3 is 2.44 bits per heavy atom. The quantitative estimate of drug-likeness (QED) is 0.567. The van der Waals surface area contributed by atoms with Crippen molar-refractivity contribution in [2.75, 3.05) is 6.66 Å². The van der Waals surface area contributed by atoms with Crippen LogP contribution >= 0.6 is 7.14 Å². The molecule has 1 unspecified atom stereocenters. The van der Waals surface area contributed by atoms with E-state index in [4.69, 9.17) is 0 Å². The van der Waals surface area contributed by atoms with Crippen molar-refractivity contribution in [2.45, 2.75) is 6.92 Å². The van der Waals surface area contributed by atoms with E-state index in [0.29, 0.717) is 5.31 Å². The largest absolute Gasteiger partial charge is 0.314 e. The fourth-order valence-corrected chi connectivity index (χ4v) is 2.74. The Morgan fingerprint density at radius 2 is 1.88 bits per heavy atom. The van der Waals surface area contributed by atoms with Crippen LogP contribution < -0.4 is 5.30 Å². The molecular weight excluding hydrogens is 215 g/mol. The van der Waals surface area contributed by atoms with Gasteiger partial charge in [0.05, 0.1) is 0 Å². The summed E-state index contributed by atoms with van der Waals surface area (Å²) in [4.78, 5) is 0. The molecule has 0 bridgehead atoms. The molecule has 1 aromatic carbocycles. The maximum atomic E-state index is 12.5. The molecule has 0 amide bonds. The van der Waals surface area contributed by atoms with Gasteiger partial charge in [0.25, 0.3) is 0 Å². The summed E-state index contributed by atoms with van der Waals surface area (Å²) in [6.07, 6.45) is 7.50. The lowest BCUT2D eigenvalue weighted by atomic mass is 10.4. The van der Waals surface area contributed by atoms with Crippen LogP contribution in [0.4, 0.5) is 0 Å². The van der Waals surface area contributed by atoms with Crippen LogP contribution in [0, 0.1) is 0 Å². The number of rotatable bonds is 4. The molecule has 1 aromatic rings. The van der Waals surface area contributed by atoms with Crippen LogP contribution in [0.15, 0.2) is 66.5 Å². The molecule has 0 saturated heterocycles. The normalized spacial score (nSPS) is 15.4. The van der Waals surface area contributed by atoms with Gasteiger partial charge < -0.3 is 4.57 Å². The number of allylic oxidation sites excluding steroid dienone is 5. The first-order valence-electron chi connectivity index (χ1n) is 5.21. The highest BCUT2D eigenvalue weighted by Gasteiger charge is 2.19. The molecule has 1 nitrogen and oxygen atoms in total. The zero-order valence-corrected chi connectivity index (χ0v) is 10.7. The second kappa shape index (κ2) is 5.67. The average molecular weight is 232 g/mol. The fourth-order valence-electron chi connectivity index (χ4n) is 1.30. The Hall–Kier alpha value is -1.33. The highest BCUT2D eigenvalue weighted by atomic mass is 31.2. The monoisotopic (exact) mass is 232 g/mol. The van der Waals surface area contributed by atoms with E-state index in [0.717, 1.165) is 5.30 Å². The SMILES string of the molecule is C=C(/C=C\C=C/C)P(C)(=O)c1ccccc1. The van der Waals surface area contributed by atoms with Gasteiger partial charge in [0.1, 0.15) is 7.14 Å². The summed E-state index contributed by atoms with van der Waals surface area (Å²) in [6, 6.07) is 9.48. The molecule has 16 heavy (non-hydrogen) atoms. The second-order valence-corrected chi connectivity index (χ2v) is 6.58. The van der Waals surface area contributed by atoms with Crippen molar-refractivity contribution in [1.29, 1.82) is 0 Å². The van der Waals surface area contributed by atoms with Crippen molar-refractivity contribution in [3.8, 4) is 0 Å². The molecule has 2 heteroatoms. The predicted octanol–water partition coefficient (Wildman–Crippen LogP) is 3.95. The smallest absolute Gasteiger partial charge is 0.139 e. The topological polar surface area (TPSA) is 17.1 Å². The third-order valence-electron chi connectivity index (χ3n) is 2.39. The lowest BCUT2D eigenvalue weighted by Crippen LogP contribution is -2.03. The van der Waals surface area contributed by atoms with Gasteiger partial charge in [0.15, 0.2) is 0 Å². The molecule has 0 aliphatic heterocycles. The molecule has 0 N–H and O–H groups in total. The number of hydrogen-bond donors (Lipinski definition) is 0. The Bertz CT molecular complexity index is 455. The summed E-state index contributed by atoms with van der Waals surface area (Å²) in [6.45, 7) is 7.59. The Morgan fingerprint density at radius 1 is 1.25 bits per heavy atom. The maximum absolute atomic E-state index is 12.5. The minimum atomic E-state index is -2.49. The van der Waals surface area contributed by atoms with Gasteiger partial charge in [0, 0.05) is 10.6 Å². The van der Waals surface area contributed by atoms with Crippen molar-refractivity contribution in [3.63, 3.8) is 0 Å². The Labute approximate surface area is 97.6 Å². The van der Waals surface area contributed by atoms with Crippen molar-refractivity contribution in [1.82, 2.24) is 0 Å². The lowest BCUT2D eigenvalue weighted by Gasteiger charge is -2.13. The highest BCUT2D eigenvalue weighted by molar-refractivity contribution is 7.75. The van der Waals surface area contributed by atoms with Crippen molar-refractivity contribution in [3.05, 3.63) is 66.5 Å². The second-order valence-electron chi connectivity index (χ2n) is 3.64. The van der Waals surface area contributed by atoms with E-state index in [1.807, 2.05) is 61.6 Å². The first kappa shape index (κ1) is 12.7. The molecular formula is C14H17OP. The van der Waals surface area contributed by atoms with Crippen molar-refractivity contribution in [2.24, 2.45) is 0 Å². The summed E-state index contributed by atoms with van der Waals surface area (Å²) in [5, 5.41) is 1.53. The van der Waals surface area contributed by atoms with Crippen LogP contribution in [0.2, 0.25) is 0 Å². The van der Waals surface area contributed by atoms with E-state index in [-0.39, 0.29) is 0 Å². The molecule has 0 heterocycles. The van der Waals surface area contributed by atoms with Crippen LogP contribution in [0.25, 0.3) is 0 Å². The van der Waals surface area contributed by atoms with E-state index in [9.17, 15) is 4.57 Å². The van der Waals surface area contributed by atoms with Gasteiger partial charge in [-0.3, -0.25) is 0 Å². The third kappa shape index (κ3) is 3.08. The summed E-state index contributed by atoms with van der Waals surface area (Å²) in [5.74, 6) is 0. The van der Waals surface area contributed by atoms with E-state index >= 15 is 0 Å². The predicted molar refractivity (Wildman–Crippen MR) is 72.7 cm³/mol. The van der Waals surface area contributed by atoms with E-state index < -0.39 is 7.14 Å². The van der Waals surface area contributed by atoms with Crippen LogP contribution in [-0.2, 0) is 4.57 Å². The molecule has 0 saturated carbocycles. The molecule has 1 atom stereocenters. The third-order valence-corrected chi connectivity index (χ3v) is 4.92. The molecule has 0 aromatic heterocycles. The first-order valence-corrected chi connectivity index (χ1v) is 7.36. The van der Waals surface area contributed by atoms with Crippen molar-refractivity contribution >= 4 is 12.4 Å². The minimum Gasteiger partial charge on any atom is -0.314 e. The maximum Gasteiger partial charge on any atom is 0.139 e. The Balaban J connectivity index is 2.95. The fraction of sp³-hybridized carbons (Fsp3) is 0.143. The van der Waals surface area contributed by atoms with E-state index in [1.54, 1.807) is 6.66 Å². The van der Waals surface area contributed by atoms with Crippen LogP contribution in [0.1, 0.15) is 6.92 Å². The van der Waals surface area contributed by atoms with Crippen LogP contribution in [-0.4, -0.2) is 6.66 Å². The van der Waals surface area contributed by atoms with Gasteiger partial charge in [-0.2, -0.15) is 0 Å². The van der Waals surface area contributed by atoms with Crippen LogP contribution in [0.5, 0.6) is 0 Å². The first-order chi connectivity index (χ1) is 7.59. The lowest BCUT2D eigenvalue weighted by molar-refractivity contribution is 0.589. The minimum absolute atomic E-state index is 0.678. The standard InChI is InChI=1S/C14H17OP/c1-4-5-7-10-13(2)16(3,15)14-11-8-6-9-12-14/h4-12H,2H2,1,3H3/b5-4-,10-7-. The molecule has 84 valence electrons.